The summed E-state index contributed by atoms with van der Waals surface area (Å²) in [6.07, 6.45) is 0.319. The summed E-state index contributed by atoms with van der Waals surface area (Å²) < 4.78 is 36.7. The van der Waals surface area contributed by atoms with Gasteiger partial charge in [0.2, 0.25) is 10.0 Å². The molecule has 1 saturated heterocycles. The third-order valence-corrected chi connectivity index (χ3v) is 5.71. The van der Waals surface area contributed by atoms with E-state index in [2.05, 4.69) is 5.32 Å². The van der Waals surface area contributed by atoms with Crippen molar-refractivity contribution in [3.05, 3.63) is 35.9 Å². The van der Waals surface area contributed by atoms with E-state index in [-0.39, 0.29) is 4.90 Å². The van der Waals surface area contributed by atoms with Gasteiger partial charge in [-0.05, 0) is 45.0 Å². The molecule has 0 unspecified atom stereocenters. The number of hydrogen-bond acceptors (Lipinski definition) is 6. The number of carbonyl (C=O) groups excluding carboxylic acids is 2. The molecule has 1 fully saturated rings. The molecule has 1 heterocycles. The van der Waals surface area contributed by atoms with E-state index in [0.717, 1.165) is 5.57 Å². The predicted octanol–water partition coefficient (Wildman–Crippen LogP) is 1.54. The van der Waals surface area contributed by atoms with Crippen LogP contribution in [0.1, 0.15) is 20.8 Å². The molecule has 148 valence electrons. The Morgan fingerprint density at radius 2 is 1.78 bits per heavy atom. The molecule has 1 aliphatic rings. The third kappa shape index (κ3) is 5.88. The summed E-state index contributed by atoms with van der Waals surface area (Å²) in [5, 5.41) is 2.59. The summed E-state index contributed by atoms with van der Waals surface area (Å²) in [5.74, 6) is -1.10. The highest BCUT2D eigenvalue weighted by molar-refractivity contribution is 7.89. The minimum Gasteiger partial charge on any atom is -0.449 e. The van der Waals surface area contributed by atoms with E-state index < -0.39 is 28.0 Å². The monoisotopic (exact) mass is 396 g/mol. The van der Waals surface area contributed by atoms with Gasteiger partial charge in [-0.15, -0.1) is 0 Å². The van der Waals surface area contributed by atoms with Gasteiger partial charge in [0, 0.05) is 24.9 Å². The lowest BCUT2D eigenvalue weighted by Gasteiger charge is -2.26. The Morgan fingerprint density at radius 1 is 1.19 bits per heavy atom. The van der Waals surface area contributed by atoms with E-state index in [1.54, 1.807) is 13.8 Å². The molecular weight excluding hydrogens is 372 g/mol. The summed E-state index contributed by atoms with van der Waals surface area (Å²) in [6, 6.07) is 5.85. The second-order valence-electron chi connectivity index (χ2n) is 6.33. The topological polar surface area (TPSA) is 102 Å². The van der Waals surface area contributed by atoms with Crippen molar-refractivity contribution in [3.63, 3.8) is 0 Å². The van der Waals surface area contributed by atoms with Gasteiger partial charge in [-0.25, -0.2) is 13.2 Å². The highest BCUT2D eigenvalue weighted by Gasteiger charge is 2.26. The maximum absolute atomic E-state index is 12.6. The quantitative estimate of drug-likeness (QED) is 0.578. The molecule has 0 saturated carbocycles. The van der Waals surface area contributed by atoms with Crippen LogP contribution in [0.4, 0.5) is 5.69 Å². The molecular formula is C18H24N2O6S. The van der Waals surface area contributed by atoms with Crippen molar-refractivity contribution in [3.8, 4) is 0 Å². The van der Waals surface area contributed by atoms with Gasteiger partial charge in [-0.2, -0.15) is 4.31 Å². The van der Waals surface area contributed by atoms with E-state index in [0.29, 0.717) is 32.0 Å². The second kappa shape index (κ2) is 9.12. The first-order valence-corrected chi connectivity index (χ1v) is 9.98. The van der Waals surface area contributed by atoms with Gasteiger partial charge in [0.1, 0.15) is 0 Å². The number of anilines is 1. The van der Waals surface area contributed by atoms with Crippen molar-refractivity contribution in [2.75, 3.05) is 31.6 Å². The highest BCUT2D eigenvalue weighted by Crippen LogP contribution is 2.19. The molecule has 1 N–H and O–H groups in total. The van der Waals surface area contributed by atoms with Gasteiger partial charge in [-0.1, -0.05) is 5.57 Å². The third-order valence-electron chi connectivity index (χ3n) is 3.80. The van der Waals surface area contributed by atoms with Gasteiger partial charge in [-0.3, -0.25) is 4.79 Å². The molecule has 1 atom stereocenters. The number of ether oxygens (including phenoxy) is 2. The Balaban J connectivity index is 1.99. The van der Waals surface area contributed by atoms with Gasteiger partial charge in [0.25, 0.3) is 5.91 Å². The summed E-state index contributed by atoms with van der Waals surface area (Å²) in [5.41, 5.74) is 1.18. The Hall–Kier alpha value is -2.23. The van der Waals surface area contributed by atoms with Crippen molar-refractivity contribution in [2.45, 2.75) is 31.8 Å². The van der Waals surface area contributed by atoms with Gasteiger partial charge in [0.05, 0.1) is 18.1 Å². The van der Waals surface area contributed by atoms with Crippen molar-refractivity contribution < 1.29 is 27.5 Å². The Labute approximate surface area is 159 Å². The summed E-state index contributed by atoms with van der Waals surface area (Å²) in [6.45, 7) is 6.33. The molecule has 0 spiro atoms. The Morgan fingerprint density at radius 3 is 2.33 bits per heavy atom. The van der Waals surface area contributed by atoms with Gasteiger partial charge in [0.15, 0.2) is 6.10 Å². The molecule has 2 rings (SSSR count). The lowest BCUT2D eigenvalue weighted by atomic mass is 10.3. The lowest BCUT2D eigenvalue weighted by molar-refractivity contribution is -0.148. The number of rotatable bonds is 6. The van der Waals surface area contributed by atoms with Gasteiger partial charge >= 0.3 is 5.97 Å². The van der Waals surface area contributed by atoms with Crippen LogP contribution in [-0.2, 0) is 29.1 Å². The molecule has 1 aromatic carbocycles. The van der Waals surface area contributed by atoms with Crippen molar-refractivity contribution in [1.82, 2.24) is 4.31 Å². The van der Waals surface area contributed by atoms with Crippen molar-refractivity contribution in [1.29, 1.82) is 0 Å². The number of hydrogen-bond donors (Lipinski definition) is 1. The van der Waals surface area contributed by atoms with E-state index in [1.165, 1.54) is 41.6 Å². The van der Waals surface area contributed by atoms with Crippen LogP contribution in [0.5, 0.6) is 0 Å². The fourth-order valence-corrected chi connectivity index (χ4v) is 3.80. The van der Waals surface area contributed by atoms with Crippen LogP contribution in [0.2, 0.25) is 0 Å². The van der Waals surface area contributed by atoms with E-state index >= 15 is 0 Å². The Kier molecular flexibility index (Phi) is 7.11. The van der Waals surface area contributed by atoms with Crippen LogP contribution in [0.15, 0.2) is 40.8 Å². The first kappa shape index (κ1) is 21.1. The summed E-state index contributed by atoms with van der Waals surface area (Å²) >= 11 is 0. The van der Waals surface area contributed by atoms with E-state index in [9.17, 15) is 18.0 Å². The smallest absolute Gasteiger partial charge is 0.331 e. The number of amides is 1. The minimum absolute atomic E-state index is 0.144. The molecule has 9 heteroatoms. The normalized spacial score (nSPS) is 16.3. The standard InChI is InChI=1S/C18H24N2O6S/c1-13(2)12-17(21)26-14(3)18(22)19-15-4-6-16(7-5-15)27(23,24)20-8-10-25-11-9-20/h4-7,12,14H,8-11H2,1-3H3,(H,19,22)/t14-/m1/s1. The average Bonchev–Trinajstić information content (AvgIpc) is 2.62. The maximum atomic E-state index is 12.6. The molecule has 0 bridgehead atoms. The molecule has 1 aliphatic heterocycles. The zero-order valence-corrected chi connectivity index (χ0v) is 16.4. The summed E-state index contributed by atoms with van der Waals surface area (Å²) in [7, 11) is -3.59. The van der Waals surface area contributed by atoms with Gasteiger partial charge < -0.3 is 14.8 Å². The Bertz CT molecular complexity index is 807. The molecule has 27 heavy (non-hydrogen) atoms. The van der Waals surface area contributed by atoms with Crippen molar-refractivity contribution >= 4 is 27.6 Å². The molecule has 8 nitrogen and oxygen atoms in total. The first-order valence-electron chi connectivity index (χ1n) is 8.54. The SMILES string of the molecule is CC(C)=CC(=O)O[C@H](C)C(=O)Nc1ccc(S(=O)(=O)N2CCOCC2)cc1. The average molecular weight is 396 g/mol. The van der Waals surface area contributed by atoms with Crippen LogP contribution >= 0.6 is 0 Å². The number of allylic oxidation sites excluding steroid dienone is 1. The maximum Gasteiger partial charge on any atom is 0.331 e. The first-order chi connectivity index (χ1) is 12.7. The van der Waals surface area contributed by atoms with E-state index in [4.69, 9.17) is 9.47 Å². The number of nitrogens with one attached hydrogen (secondary N) is 1. The van der Waals surface area contributed by atoms with E-state index in [1.807, 2.05) is 0 Å². The number of morpholine rings is 1. The molecule has 0 aliphatic carbocycles. The molecule has 0 radical (unpaired) electrons. The number of nitrogens with zero attached hydrogens (tertiary/aromatic N) is 1. The zero-order valence-electron chi connectivity index (χ0n) is 15.6. The number of sulfonamides is 1. The van der Waals surface area contributed by atoms with Crippen LogP contribution < -0.4 is 5.32 Å². The highest BCUT2D eigenvalue weighted by atomic mass is 32.2. The number of esters is 1. The largest absolute Gasteiger partial charge is 0.449 e. The summed E-state index contributed by atoms with van der Waals surface area (Å²) in [4.78, 5) is 23.8. The minimum atomic E-state index is -3.59. The van der Waals surface area contributed by atoms with Crippen LogP contribution in [-0.4, -0.2) is 57.0 Å². The predicted molar refractivity (Wildman–Crippen MR) is 99.6 cm³/mol. The second-order valence-corrected chi connectivity index (χ2v) is 8.27. The van der Waals surface area contributed by atoms with Crippen LogP contribution in [0.3, 0.4) is 0 Å². The number of carbonyl (C=O) groups is 2. The van der Waals surface area contributed by atoms with Crippen LogP contribution in [0, 0.1) is 0 Å². The fraction of sp³-hybridized carbons (Fsp3) is 0.444. The molecule has 0 aromatic heterocycles. The molecule has 1 aromatic rings. The lowest BCUT2D eigenvalue weighted by Crippen LogP contribution is -2.40. The van der Waals surface area contributed by atoms with Crippen molar-refractivity contribution in [2.24, 2.45) is 0 Å². The zero-order chi connectivity index (χ0) is 20.0. The number of benzene rings is 1. The fourth-order valence-electron chi connectivity index (χ4n) is 2.39. The van der Waals surface area contributed by atoms with Crippen LogP contribution in [0.25, 0.3) is 0 Å². The molecule has 1 amide bonds.